The Morgan fingerprint density at radius 3 is 2.60 bits per heavy atom. The number of amides is 1. The second-order valence-corrected chi connectivity index (χ2v) is 7.59. The lowest BCUT2D eigenvalue weighted by atomic mass is 10.0. The molecular weight excluding hydrogens is 330 g/mol. The van der Waals surface area contributed by atoms with Crippen molar-refractivity contribution in [2.75, 3.05) is 50.8 Å². The Balaban J connectivity index is 1.89. The largest absolute Gasteiger partial charge is 0.332 e. The first-order valence-electron chi connectivity index (χ1n) is 9.58. The number of aryl methyl sites for hydroxylation is 1. The van der Waals surface area contributed by atoms with Gasteiger partial charge in [0.05, 0.1) is 11.8 Å². The highest BCUT2D eigenvalue weighted by Crippen LogP contribution is 2.23. The molecule has 1 atom stereocenters. The molecule has 1 N–H and O–H groups in total. The Hall–Kier alpha value is -1.04. The van der Waals surface area contributed by atoms with Gasteiger partial charge in [-0.1, -0.05) is 45.0 Å². The second-order valence-electron chi connectivity index (χ2n) is 6.48. The molecule has 1 aromatic carbocycles. The molecule has 0 spiro atoms. The van der Waals surface area contributed by atoms with Crippen LogP contribution in [0.3, 0.4) is 0 Å². The predicted molar refractivity (Wildman–Crippen MR) is 108 cm³/mol. The number of hydrogen-bond donors (Lipinski definition) is 1. The van der Waals surface area contributed by atoms with Crippen molar-refractivity contribution in [1.29, 1.82) is 0 Å². The summed E-state index contributed by atoms with van der Waals surface area (Å²) in [6, 6.07) is 8.90. The highest BCUT2D eigenvalue weighted by Gasteiger charge is 2.27. The summed E-state index contributed by atoms with van der Waals surface area (Å²) in [5.41, 5.74) is 2.59. The Bertz CT molecular complexity index is 516. The van der Waals surface area contributed by atoms with Crippen molar-refractivity contribution in [3.63, 3.8) is 0 Å². The van der Waals surface area contributed by atoms with Crippen LogP contribution in [0.15, 0.2) is 24.3 Å². The number of rotatable bonds is 9. The summed E-state index contributed by atoms with van der Waals surface area (Å²) >= 11 is 1.76. The lowest BCUT2D eigenvalue weighted by molar-refractivity contribution is -0.131. The molecule has 0 aliphatic carbocycles. The van der Waals surface area contributed by atoms with E-state index in [-0.39, 0.29) is 11.9 Å². The average Bonchev–Trinajstić information content (AvgIpc) is 2.68. The molecule has 1 unspecified atom stereocenters. The van der Waals surface area contributed by atoms with Gasteiger partial charge in [0.15, 0.2) is 0 Å². The summed E-state index contributed by atoms with van der Waals surface area (Å²) in [4.78, 5) is 17.2. The van der Waals surface area contributed by atoms with E-state index in [1.807, 2.05) is 0 Å². The van der Waals surface area contributed by atoms with Crippen molar-refractivity contribution in [1.82, 2.24) is 15.1 Å². The summed E-state index contributed by atoms with van der Waals surface area (Å²) in [7, 11) is 0. The van der Waals surface area contributed by atoms with Crippen molar-refractivity contribution in [3.8, 4) is 0 Å². The molecule has 140 valence electrons. The summed E-state index contributed by atoms with van der Waals surface area (Å²) in [6.07, 6.45) is 1.05. The monoisotopic (exact) mass is 363 g/mol. The maximum absolute atomic E-state index is 12.8. The lowest BCUT2D eigenvalue weighted by Gasteiger charge is -2.36. The molecule has 2 rings (SSSR count). The third-order valence-corrected chi connectivity index (χ3v) is 5.93. The van der Waals surface area contributed by atoms with Crippen molar-refractivity contribution in [2.24, 2.45) is 0 Å². The summed E-state index contributed by atoms with van der Waals surface area (Å²) in [5, 5.41) is 3.44. The molecule has 0 aromatic heterocycles. The van der Waals surface area contributed by atoms with E-state index in [0.717, 1.165) is 51.4 Å². The number of carbonyl (C=O) groups excluding carboxylic acids is 1. The average molecular weight is 364 g/mol. The minimum atomic E-state index is 0.163. The van der Waals surface area contributed by atoms with Crippen LogP contribution in [0.1, 0.15) is 37.9 Å². The molecule has 1 fully saturated rings. The highest BCUT2D eigenvalue weighted by atomic mass is 32.2. The molecule has 0 saturated carbocycles. The van der Waals surface area contributed by atoms with Crippen molar-refractivity contribution >= 4 is 17.7 Å². The van der Waals surface area contributed by atoms with E-state index in [9.17, 15) is 4.79 Å². The third-order valence-electron chi connectivity index (χ3n) is 5.01. The zero-order valence-electron chi connectivity index (χ0n) is 16.0. The number of thioether (sulfide) groups is 1. The van der Waals surface area contributed by atoms with Crippen LogP contribution in [0, 0.1) is 0 Å². The van der Waals surface area contributed by atoms with Gasteiger partial charge < -0.3 is 15.1 Å². The van der Waals surface area contributed by atoms with Crippen LogP contribution >= 0.6 is 11.8 Å². The number of piperazine rings is 1. The molecule has 25 heavy (non-hydrogen) atoms. The molecule has 1 amide bonds. The number of nitrogens with one attached hydrogen (secondary N) is 1. The SMILES string of the molecule is CCc1ccc(C2CNCCN2C(=O)CSCCN(CC)CC)cc1. The number of benzene rings is 1. The first-order valence-corrected chi connectivity index (χ1v) is 10.7. The van der Waals surface area contributed by atoms with Crippen molar-refractivity contribution in [3.05, 3.63) is 35.4 Å². The highest BCUT2D eigenvalue weighted by molar-refractivity contribution is 7.99. The topological polar surface area (TPSA) is 35.6 Å². The smallest absolute Gasteiger partial charge is 0.233 e. The molecule has 1 heterocycles. The van der Waals surface area contributed by atoms with Gasteiger partial charge in [0.25, 0.3) is 0 Å². The van der Waals surface area contributed by atoms with Crippen LogP contribution in [0.4, 0.5) is 0 Å². The molecule has 4 nitrogen and oxygen atoms in total. The van der Waals surface area contributed by atoms with Crippen LogP contribution < -0.4 is 5.32 Å². The minimum absolute atomic E-state index is 0.163. The molecule has 1 aliphatic heterocycles. The van der Waals surface area contributed by atoms with E-state index in [2.05, 4.69) is 60.2 Å². The standard InChI is InChI=1S/C20H33N3OS/c1-4-17-7-9-18(10-8-17)19-15-21-11-12-23(19)20(24)16-25-14-13-22(5-2)6-3/h7-10,19,21H,4-6,11-16H2,1-3H3. The Morgan fingerprint density at radius 1 is 1.24 bits per heavy atom. The van der Waals surface area contributed by atoms with Gasteiger partial charge in [-0.15, -0.1) is 0 Å². The molecule has 0 bridgehead atoms. The van der Waals surface area contributed by atoms with Crippen LogP contribution in [0.2, 0.25) is 0 Å². The molecule has 1 aromatic rings. The normalized spacial score (nSPS) is 17.9. The fraction of sp³-hybridized carbons (Fsp3) is 0.650. The second kappa shape index (κ2) is 10.8. The van der Waals surface area contributed by atoms with E-state index < -0.39 is 0 Å². The first kappa shape index (κ1) is 20.3. The molecule has 0 radical (unpaired) electrons. The zero-order valence-corrected chi connectivity index (χ0v) is 16.8. The predicted octanol–water partition coefficient (Wildman–Crippen LogP) is 2.80. The summed E-state index contributed by atoms with van der Waals surface area (Å²) < 4.78 is 0. The fourth-order valence-corrected chi connectivity index (χ4v) is 4.12. The number of carbonyl (C=O) groups is 1. The third kappa shape index (κ3) is 6.01. The minimum Gasteiger partial charge on any atom is -0.332 e. The van der Waals surface area contributed by atoms with E-state index in [1.54, 1.807) is 11.8 Å². The van der Waals surface area contributed by atoms with Crippen molar-refractivity contribution in [2.45, 2.75) is 33.2 Å². The van der Waals surface area contributed by atoms with Gasteiger partial charge >= 0.3 is 0 Å². The summed E-state index contributed by atoms with van der Waals surface area (Å²) in [5.74, 6) is 1.89. The van der Waals surface area contributed by atoms with E-state index in [1.165, 1.54) is 11.1 Å². The van der Waals surface area contributed by atoms with Gasteiger partial charge in [0.2, 0.25) is 5.91 Å². The zero-order chi connectivity index (χ0) is 18.1. The molecule has 1 saturated heterocycles. The quantitative estimate of drug-likeness (QED) is 0.685. The van der Waals surface area contributed by atoms with Crippen LogP contribution in [0.5, 0.6) is 0 Å². The molecule has 1 aliphatic rings. The molecule has 5 heteroatoms. The van der Waals surface area contributed by atoms with Crippen molar-refractivity contribution < 1.29 is 4.79 Å². The Kier molecular flexibility index (Phi) is 8.79. The van der Waals surface area contributed by atoms with Crippen LogP contribution in [0.25, 0.3) is 0 Å². The van der Waals surface area contributed by atoms with Gasteiger partial charge in [-0.2, -0.15) is 11.8 Å². The van der Waals surface area contributed by atoms with E-state index in [0.29, 0.717) is 5.75 Å². The van der Waals surface area contributed by atoms with Gasteiger partial charge in [-0.3, -0.25) is 4.79 Å². The van der Waals surface area contributed by atoms with Gasteiger partial charge in [-0.05, 0) is 30.6 Å². The number of hydrogen-bond acceptors (Lipinski definition) is 4. The van der Waals surface area contributed by atoms with Crippen LogP contribution in [-0.2, 0) is 11.2 Å². The van der Waals surface area contributed by atoms with Crippen LogP contribution in [-0.4, -0.2) is 66.5 Å². The first-order chi connectivity index (χ1) is 12.2. The maximum Gasteiger partial charge on any atom is 0.233 e. The number of nitrogens with zero attached hydrogens (tertiary/aromatic N) is 2. The lowest BCUT2D eigenvalue weighted by Crippen LogP contribution is -2.49. The molecular formula is C20H33N3OS. The summed E-state index contributed by atoms with van der Waals surface area (Å²) in [6.45, 7) is 12.3. The van der Waals surface area contributed by atoms with E-state index in [4.69, 9.17) is 0 Å². The van der Waals surface area contributed by atoms with Gasteiger partial charge in [0, 0.05) is 31.9 Å². The fourth-order valence-electron chi connectivity index (χ4n) is 3.25. The Labute approximate surface area is 157 Å². The van der Waals surface area contributed by atoms with E-state index >= 15 is 0 Å². The van der Waals surface area contributed by atoms with Gasteiger partial charge in [-0.25, -0.2) is 0 Å². The van der Waals surface area contributed by atoms with Gasteiger partial charge in [0.1, 0.15) is 0 Å². The Morgan fingerprint density at radius 2 is 1.96 bits per heavy atom. The maximum atomic E-state index is 12.8.